The smallest absolute Gasteiger partial charge is 0.312 e. The maximum atomic E-state index is 13.6. The minimum absolute atomic E-state index is 0.0605. The molecule has 3 rings (SSSR count). The second kappa shape index (κ2) is 9.77. The normalized spacial score (nSPS) is 10.5. The Kier molecular flexibility index (Phi) is 6.88. The number of nitriles is 1. The molecule has 2 aromatic carbocycles. The van der Waals surface area contributed by atoms with Gasteiger partial charge in [-0.05, 0) is 43.5 Å². The van der Waals surface area contributed by atoms with Crippen molar-refractivity contribution in [3.8, 4) is 22.9 Å². The van der Waals surface area contributed by atoms with E-state index in [1.54, 1.807) is 10.6 Å². The standard InChI is InChI=1S/C25H26N4O2/c1-3-4-10-19-14-17(2)22(16-28-25(27)31)24(30)29(19)23-13-8-7-12-21(23)20-11-6-5-9-18(20)15-26/h5-9,11-14H,3-4,10,16H2,1-2H3,(H3,27,28,31). The molecule has 3 aromatic rings. The predicted octanol–water partition coefficient (Wildman–Crippen LogP) is 4.20. The van der Waals surface area contributed by atoms with Gasteiger partial charge in [0, 0.05) is 22.4 Å². The number of aryl methyl sites for hydroxylation is 2. The lowest BCUT2D eigenvalue weighted by molar-refractivity contribution is 0.248. The summed E-state index contributed by atoms with van der Waals surface area (Å²) in [5.41, 5.74) is 10.1. The number of urea groups is 1. The highest BCUT2D eigenvalue weighted by atomic mass is 16.2. The maximum Gasteiger partial charge on any atom is 0.312 e. The van der Waals surface area contributed by atoms with E-state index in [9.17, 15) is 14.9 Å². The van der Waals surface area contributed by atoms with Gasteiger partial charge in [0.25, 0.3) is 5.56 Å². The Balaban J connectivity index is 2.29. The Hall–Kier alpha value is -3.85. The van der Waals surface area contributed by atoms with Crippen LogP contribution in [0.15, 0.2) is 59.4 Å². The minimum Gasteiger partial charge on any atom is -0.352 e. The van der Waals surface area contributed by atoms with Gasteiger partial charge in [-0.2, -0.15) is 5.26 Å². The van der Waals surface area contributed by atoms with Gasteiger partial charge in [0.05, 0.1) is 23.9 Å². The number of aromatic nitrogens is 1. The van der Waals surface area contributed by atoms with Crippen molar-refractivity contribution in [1.82, 2.24) is 9.88 Å². The van der Waals surface area contributed by atoms with Crippen molar-refractivity contribution in [3.63, 3.8) is 0 Å². The van der Waals surface area contributed by atoms with Crippen molar-refractivity contribution >= 4 is 6.03 Å². The number of para-hydroxylation sites is 1. The summed E-state index contributed by atoms with van der Waals surface area (Å²) in [5, 5.41) is 12.1. The number of nitrogens with zero attached hydrogens (tertiary/aromatic N) is 2. The number of hydrogen-bond donors (Lipinski definition) is 2. The largest absolute Gasteiger partial charge is 0.352 e. The molecule has 0 saturated carbocycles. The molecule has 6 nitrogen and oxygen atoms in total. The summed E-state index contributed by atoms with van der Waals surface area (Å²) < 4.78 is 1.71. The first kappa shape index (κ1) is 21.8. The number of carbonyl (C=O) groups excluding carboxylic acids is 1. The molecule has 31 heavy (non-hydrogen) atoms. The van der Waals surface area contributed by atoms with Crippen molar-refractivity contribution < 1.29 is 4.79 Å². The highest BCUT2D eigenvalue weighted by Crippen LogP contribution is 2.30. The van der Waals surface area contributed by atoms with Crippen LogP contribution in [0.4, 0.5) is 4.79 Å². The zero-order valence-corrected chi connectivity index (χ0v) is 17.8. The summed E-state index contributed by atoms with van der Waals surface area (Å²) in [5.74, 6) is 0. The molecule has 2 amide bonds. The van der Waals surface area contributed by atoms with E-state index in [-0.39, 0.29) is 12.1 Å². The first-order chi connectivity index (χ1) is 15.0. The molecule has 6 heteroatoms. The van der Waals surface area contributed by atoms with Crippen LogP contribution in [-0.2, 0) is 13.0 Å². The molecular formula is C25H26N4O2. The number of nitrogens with two attached hydrogens (primary N) is 1. The van der Waals surface area contributed by atoms with Gasteiger partial charge in [-0.25, -0.2) is 4.79 Å². The predicted molar refractivity (Wildman–Crippen MR) is 122 cm³/mol. The van der Waals surface area contributed by atoms with E-state index in [1.807, 2.05) is 55.5 Å². The fourth-order valence-corrected chi connectivity index (χ4v) is 3.74. The molecule has 0 fully saturated rings. The lowest BCUT2D eigenvalue weighted by Crippen LogP contribution is -2.34. The minimum atomic E-state index is -0.677. The molecule has 0 atom stereocenters. The average molecular weight is 415 g/mol. The quantitative estimate of drug-likeness (QED) is 0.606. The Labute approximate surface area is 182 Å². The second-order valence-electron chi connectivity index (χ2n) is 7.43. The van der Waals surface area contributed by atoms with Gasteiger partial charge in [0.2, 0.25) is 0 Å². The van der Waals surface area contributed by atoms with Crippen molar-refractivity contribution in [1.29, 1.82) is 5.26 Å². The third-order valence-corrected chi connectivity index (χ3v) is 5.32. The molecule has 3 N–H and O–H groups in total. The highest BCUT2D eigenvalue weighted by molar-refractivity contribution is 5.78. The van der Waals surface area contributed by atoms with Crippen LogP contribution >= 0.6 is 0 Å². The van der Waals surface area contributed by atoms with Crippen LogP contribution in [0, 0.1) is 18.3 Å². The molecule has 0 aliphatic rings. The molecule has 0 bridgehead atoms. The second-order valence-corrected chi connectivity index (χ2v) is 7.43. The molecule has 0 aliphatic carbocycles. The Morgan fingerprint density at radius 1 is 1.13 bits per heavy atom. The van der Waals surface area contributed by atoms with Gasteiger partial charge in [-0.1, -0.05) is 49.7 Å². The SMILES string of the molecule is CCCCc1cc(C)c(CNC(N)=O)c(=O)n1-c1ccccc1-c1ccccc1C#N. The highest BCUT2D eigenvalue weighted by Gasteiger charge is 2.18. The number of unbranched alkanes of at least 4 members (excludes halogenated alkanes) is 1. The van der Waals surface area contributed by atoms with Gasteiger partial charge in [-0.15, -0.1) is 0 Å². The topological polar surface area (TPSA) is 101 Å². The van der Waals surface area contributed by atoms with Crippen molar-refractivity contribution in [3.05, 3.63) is 87.3 Å². The van der Waals surface area contributed by atoms with E-state index < -0.39 is 6.03 Å². The van der Waals surface area contributed by atoms with Crippen molar-refractivity contribution in [2.75, 3.05) is 0 Å². The third kappa shape index (κ3) is 4.67. The number of primary amides is 1. The number of pyridine rings is 1. The summed E-state index contributed by atoms with van der Waals surface area (Å²) in [4.78, 5) is 24.9. The number of rotatable bonds is 7. The lowest BCUT2D eigenvalue weighted by atomic mass is 9.97. The van der Waals surface area contributed by atoms with Crippen molar-refractivity contribution in [2.24, 2.45) is 5.73 Å². The average Bonchev–Trinajstić information content (AvgIpc) is 2.77. The molecule has 1 heterocycles. The van der Waals surface area contributed by atoms with Gasteiger partial charge in [0.1, 0.15) is 0 Å². The van der Waals surface area contributed by atoms with Crippen molar-refractivity contribution in [2.45, 2.75) is 39.7 Å². The van der Waals surface area contributed by atoms with E-state index >= 15 is 0 Å². The van der Waals surface area contributed by atoms with E-state index in [0.29, 0.717) is 16.8 Å². The summed E-state index contributed by atoms with van der Waals surface area (Å²) >= 11 is 0. The zero-order valence-electron chi connectivity index (χ0n) is 17.8. The zero-order chi connectivity index (χ0) is 22.4. The van der Waals surface area contributed by atoms with E-state index in [4.69, 9.17) is 5.73 Å². The fraction of sp³-hybridized carbons (Fsp3) is 0.240. The van der Waals surface area contributed by atoms with Crippen LogP contribution in [0.3, 0.4) is 0 Å². The van der Waals surface area contributed by atoms with Crippen LogP contribution in [-0.4, -0.2) is 10.6 Å². The number of amides is 2. The molecule has 0 radical (unpaired) electrons. The Bertz CT molecular complexity index is 1200. The van der Waals surface area contributed by atoms with Gasteiger partial charge >= 0.3 is 6.03 Å². The van der Waals surface area contributed by atoms with Crippen LogP contribution in [0.5, 0.6) is 0 Å². The van der Waals surface area contributed by atoms with Crippen LogP contribution in [0.1, 0.15) is 42.1 Å². The maximum absolute atomic E-state index is 13.6. The van der Waals surface area contributed by atoms with E-state index in [1.165, 1.54) is 0 Å². The summed E-state index contributed by atoms with van der Waals surface area (Å²) in [6.45, 7) is 4.04. The number of benzene rings is 2. The first-order valence-corrected chi connectivity index (χ1v) is 10.3. The molecule has 0 spiro atoms. The summed E-state index contributed by atoms with van der Waals surface area (Å²) in [6.07, 6.45) is 2.68. The Morgan fingerprint density at radius 3 is 2.48 bits per heavy atom. The first-order valence-electron chi connectivity index (χ1n) is 10.3. The molecule has 1 aromatic heterocycles. The van der Waals surface area contributed by atoms with Crippen LogP contribution in [0.25, 0.3) is 16.8 Å². The van der Waals surface area contributed by atoms with Gasteiger partial charge in [0.15, 0.2) is 0 Å². The lowest BCUT2D eigenvalue weighted by Gasteiger charge is -2.20. The van der Waals surface area contributed by atoms with Gasteiger partial charge < -0.3 is 11.1 Å². The summed E-state index contributed by atoms with van der Waals surface area (Å²) in [7, 11) is 0. The van der Waals surface area contributed by atoms with E-state index in [2.05, 4.69) is 18.3 Å². The third-order valence-electron chi connectivity index (χ3n) is 5.32. The number of hydrogen-bond acceptors (Lipinski definition) is 3. The Morgan fingerprint density at radius 2 is 1.81 bits per heavy atom. The summed E-state index contributed by atoms with van der Waals surface area (Å²) in [6, 6.07) is 18.5. The van der Waals surface area contributed by atoms with Gasteiger partial charge in [-0.3, -0.25) is 9.36 Å². The number of nitrogens with one attached hydrogen (secondary N) is 1. The molecule has 158 valence electrons. The molecular weight excluding hydrogens is 388 g/mol. The number of carbonyl (C=O) groups is 1. The van der Waals surface area contributed by atoms with Crippen LogP contribution in [0.2, 0.25) is 0 Å². The molecule has 0 unspecified atom stereocenters. The fourth-order valence-electron chi connectivity index (χ4n) is 3.74. The van der Waals surface area contributed by atoms with E-state index in [0.717, 1.165) is 41.6 Å². The molecule has 0 aliphatic heterocycles. The monoisotopic (exact) mass is 414 g/mol. The molecule has 0 saturated heterocycles. The van der Waals surface area contributed by atoms with Crippen LogP contribution < -0.4 is 16.6 Å².